The highest BCUT2D eigenvalue weighted by atomic mass is 19.4. The predicted octanol–water partition coefficient (Wildman–Crippen LogP) is 3.06. The molecule has 0 fully saturated rings. The van der Waals surface area contributed by atoms with E-state index in [1.165, 1.54) is 18.3 Å². The molecule has 0 bridgehead atoms. The molecule has 0 aliphatic rings. The molecule has 2 N–H and O–H groups in total. The van der Waals surface area contributed by atoms with Gasteiger partial charge in [-0.3, -0.25) is 9.78 Å². The number of rotatable bonds is 2. The average Bonchev–Trinajstić information content (AvgIpc) is 2.38. The lowest BCUT2D eigenvalue weighted by molar-refractivity contribution is -0.137. The molecule has 0 spiro atoms. The highest BCUT2D eigenvalue weighted by Gasteiger charge is 2.30. The molecule has 2 rings (SSSR count). The van der Waals surface area contributed by atoms with Crippen LogP contribution in [0.1, 0.15) is 15.9 Å². The van der Waals surface area contributed by atoms with Crippen molar-refractivity contribution >= 4 is 11.6 Å². The molecular weight excluding hydrogens is 273 g/mol. The van der Waals surface area contributed by atoms with Gasteiger partial charge in [0.2, 0.25) is 0 Å². The van der Waals surface area contributed by atoms with Crippen molar-refractivity contribution in [2.24, 2.45) is 0 Å². The van der Waals surface area contributed by atoms with E-state index in [2.05, 4.69) is 10.3 Å². The van der Waals surface area contributed by atoms with Gasteiger partial charge in [0.1, 0.15) is 5.75 Å². The van der Waals surface area contributed by atoms with Crippen molar-refractivity contribution in [1.82, 2.24) is 4.98 Å². The Morgan fingerprint density at radius 1 is 1.20 bits per heavy atom. The molecule has 7 heteroatoms. The molecule has 1 aromatic heterocycles. The third-order valence-corrected chi connectivity index (χ3v) is 2.43. The molecule has 1 amide bonds. The molecule has 0 saturated carbocycles. The Morgan fingerprint density at radius 2 is 1.95 bits per heavy atom. The van der Waals surface area contributed by atoms with Crippen molar-refractivity contribution in [1.29, 1.82) is 0 Å². The Hall–Kier alpha value is -2.57. The lowest BCUT2D eigenvalue weighted by atomic mass is 10.2. The van der Waals surface area contributed by atoms with Gasteiger partial charge < -0.3 is 10.4 Å². The number of halogens is 3. The van der Waals surface area contributed by atoms with E-state index >= 15 is 0 Å². The zero-order chi connectivity index (χ0) is 14.8. The maximum atomic E-state index is 12.5. The number of nitrogens with one attached hydrogen (secondary N) is 1. The van der Waals surface area contributed by atoms with E-state index < -0.39 is 17.6 Å². The van der Waals surface area contributed by atoms with Gasteiger partial charge in [0.25, 0.3) is 5.91 Å². The monoisotopic (exact) mass is 282 g/mol. The standard InChI is InChI=1S/C13H9F3N2O2/c14-13(15,16)9-2-1-3-10(5-9)18-12(20)8-4-11(19)7-17-6-8/h1-7,19H,(H,18,20). The van der Waals surface area contributed by atoms with Crippen LogP contribution in [0, 0.1) is 0 Å². The Bertz CT molecular complexity index is 642. The number of aromatic nitrogens is 1. The first-order valence-electron chi connectivity index (χ1n) is 5.49. The zero-order valence-electron chi connectivity index (χ0n) is 9.98. The maximum Gasteiger partial charge on any atom is 0.416 e. The molecule has 2 aromatic rings. The van der Waals surface area contributed by atoms with E-state index in [4.69, 9.17) is 0 Å². The van der Waals surface area contributed by atoms with Crippen LogP contribution >= 0.6 is 0 Å². The summed E-state index contributed by atoms with van der Waals surface area (Å²) < 4.78 is 37.6. The van der Waals surface area contributed by atoms with E-state index in [-0.39, 0.29) is 17.0 Å². The first-order valence-corrected chi connectivity index (χ1v) is 5.49. The molecule has 0 aliphatic heterocycles. The molecule has 0 atom stereocenters. The second-order valence-corrected chi connectivity index (χ2v) is 3.96. The largest absolute Gasteiger partial charge is 0.506 e. The number of alkyl halides is 3. The summed E-state index contributed by atoms with van der Waals surface area (Å²) in [7, 11) is 0. The van der Waals surface area contributed by atoms with Crippen LogP contribution in [0.3, 0.4) is 0 Å². The molecular formula is C13H9F3N2O2. The minimum atomic E-state index is -4.48. The van der Waals surface area contributed by atoms with E-state index in [1.54, 1.807) is 0 Å². The second kappa shape index (κ2) is 5.20. The van der Waals surface area contributed by atoms with E-state index in [0.29, 0.717) is 0 Å². The topological polar surface area (TPSA) is 62.2 Å². The van der Waals surface area contributed by atoms with Crippen molar-refractivity contribution in [3.63, 3.8) is 0 Å². The number of carbonyl (C=O) groups excluding carboxylic acids is 1. The van der Waals surface area contributed by atoms with Crippen molar-refractivity contribution in [2.45, 2.75) is 6.18 Å². The molecule has 104 valence electrons. The van der Waals surface area contributed by atoms with Crippen LogP contribution in [-0.4, -0.2) is 16.0 Å². The van der Waals surface area contributed by atoms with Gasteiger partial charge in [-0.15, -0.1) is 0 Å². The minimum absolute atomic E-state index is 0.00756. The highest BCUT2D eigenvalue weighted by Crippen LogP contribution is 2.30. The van der Waals surface area contributed by atoms with E-state index in [9.17, 15) is 23.1 Å². The molecule has 1 heterocycles. The summed E-state index contributed by atoms with van der Waals surface area (Å²) in [6.07, 6.45) is -2.14. The number of carbonyl (C=O) groups is 1. The quantitative estimate of drug-likeness (QED) is 0.889. The Labute approximate surface area is 111 Å². The summed E-state index contributed by atoms with van der Waals surface area (Å²) in [6, 6.07) is 5.43. The summed E-state index contributed by atoms with van der Waals surface area (Å²) in [5, 5.41) is 11.5. The van der Waals surface area contributed by atoms with Gasteiger partial charge in [-0.1, -0.05) is 6.07 Å². The van der Waals surface area contributed by atoms with Gasteiger partial charge >= 0.3 is 6.18 Å². The van der Waals surface area contributed by atoms with Crippen LogP contribution in [0.15, 0.2) is 42.7 Å². The summed E-state index contributed by atoms with van der Waals surface area (Å²) in [5.41, 5.74) is -0.806. The lowest BCUT2D eigenvalue weighted by Gasteiger charge is -2.09. The normalized spacial score (nSPS) is 11.2. The fourth-order valence-corrected chi connectivity index (χ4v) is 1.53. The third-order valence-electron chi connectivity index (χ3n) is 2.43. The number of aromatic hydroxyl groups is 1. The number of benzene rings is 1. The second-order valence-electron chi connectivity index (χ2n) is 3.96. The number of pyridine rings is 1. The molecule has 1 aromatic carbocycles. The predicted molar refractivity (Wildman–Crippen MR) is 65.3 cm³/mol. The molecule has 0 saturated heterocycles. The van der Waals surface area contributed by atoms with Crippen LogP contribution in [0.4, 0.5) is 18.9 Å². The summed E-state index contributed by atoms with van der Waals surface area (Å²) >= 11 is 0. The van der Waals surface area contributed by atoms with Crippen LogP contribution in [0.2, 0.25) is 0 Å². The van der Waals surface area contributed by atoms with Crippen LogP contribution in [0.25, 0.3) is 0 Å². The Morgan fingerprint density at radius 3 is 2.60 bits per heavy atom. The van der Waals surface area contributed by atoms with Gasteiger partial charge in [-0.25, -0.2) is 0 Å². The zero-order valence-corrected chi connectivity index (χ0v) is 9.98. The van der Waals surface area contributed by atoms with Crippen molar-refractivity contribution in [2.75, 3.05) is 5.32 Å². The van der Waals surface area contributed by atoms with Crippen LogP contribution < -0.4 is 5.32 Å². The SMILES string of the molecule is O=C(Nc1cccc(C(F)(F)F)c1)c1cncc(O)c1. The third kappa shape index (κ3) is 3.25. The fourth-order valence-electron chi connectivity index (χ4n) is 1.53. The minimum Gasteiger partial charge on any atom is -0.506 e. The number of anilines is 1. The van der Waals surface area contributed by atoms with Crippen molar-refractivity contribution in [3.05, 3.63) is 53.9 Å². The van der Waals surface area contributed by atoms with Gasteiger partial charge in [0.05, 0.1) is 17.3 Å². The van der Waals surface area contributed by atoms with Gasteiger partial charge in [-0.05, 0) is 24.3 Å². The number of hydrogen-bond acceptors (Lipinski definition) is 3. The van der Waals surface area contributed by atoms with Gasteiger partial charge in [-0.2, -0.15) is 13.2 Å². The summed E-state index contributed by atoms with van der Waals surface area (Å²) in [5.74, 6) is -0.866. The highest BCUT2D eigenvalue weighted by molar-refractivity contribution is 6.04. The maximum absolute atomic E-state index is 12.5. The molecule has 4 nitrogen and oxygen atoms in total. The van der Waals surface area contributed by atoms with E-state index in [1.807, 2.05) is 0 Å². The molecule has 20 heavy (non-hydrogen) atoms. The summed E-state index contributed by atoms with van der Waals surface area (Å²) in [6.45, 7) is 0. The average molecular weight is 282 g/mol. The molecule has 0 radical (unpaired) electrons. The Balaban J connectivity index is 2.20. The molecule has 0 unspecified atom stereocenters. The fraction of sp³-hybridized carbons (Fsp3) is 0.0769. The Kier molecular flexibility index (Phi) is 3.60. The molecule has 0 aliphatic carbocycles. The van der Waals surface area contributed by atoms with Crippen molar-refractivity contribution in [3.8, 4) is 5.75 Å². The lowest BCUT2D eigenvalue weighted by Crippen LogP contribution is -2.13. The van der Waals surface area contributed by atoms with E-state index in [0.717, 1.165) is 24.4 Å². The number of hydrogen-bond donors (Lipinski definition) is 2. The van der Waals surface area contributed by atoms with Gasteiger partial charge in [0.15, 0.2) is 0 Å². The van der Waals surface area contributed by atoms with Crippen molar-refractivity contribution < 1.29 is 23.1 Å². The van der Waals surface area contributed by atoms with Crippen LogP contribution in [-0.2, 0) is 6.18 Å². The number of nitrogens with zero attached hydrogens (tertiary/aromatic N) is 1. The number of amides is 1. The smallest absolute Gasteiger partial charge is 0.416 e. The summed E-state index contributed by atoms with van der Waals surface area (Å²) in [4.78, 5) is 15.4. The first kappa shape index (κ1) is 13.9. The van der Waals surface area contributed by atoms with Crippen LogP contribution in [0.5, 0.6) is 5.75 Å². The van der Waals surface area contributed by atoms with Gasteiger partial charge in [0, 0.05) is 11.9 Å². The first-order chi connectivity index (χ1) is 9.36.